The van der Waals surface area contributed by atoms with E-state index in [2.05, 4.69) is 9.97 Å². The summed E-state index contributed by atoms with van der Waals surface area (Å²) >= 11 is 0. The van der Waals surface area contributed by atoms with E-state index < -0.39 is 0 Å². The molecule has 1 aliphatic heterocycles. The number of aromatic nitrogens is 4. The summed E-state index contributed by atoms with van der Waals surface area (Å²) in [4.78, 5) is 36.6. The average Bonchev–Trinajstić information content (AvgIpc) is 3.17. The van der Waals surface area contributed by atoms with Crippen LogP contribution in [0, 0.1) is 22.7 Å². The lowest BCUT2D eigenvalue weighted by Gasteiger charge is -2.39. The smallest absolute Gasteiger partial charge is 0.335 e. The molecule has 0 atom stereocenters. The molecule has 0 saturated carbocycles. The maximum atomic E-state index is 13.7. The largest absolute Gasteiger partial charge is 0.457 e. The number of hydrogen-bond acceptors (Lipinski definition) is 7. The Hall–Kier alpha value is -4.91. The maximum Gasteiger partial charge on any atom is 0.335 e. The number of carbonyl (C=O) groups excluding carboxylic acids is 1. The summed E-state index contributed by atoms with van der Waals surface area (Å²) in [5, 5.41) is 9.46. The highest BCUT2D eigenvalue weighted by molar-refractivity contribution is 5.97. The van der Waals surface area contributed by atoms with Crippen molar-refractivity contribution in [3.05, 3.63) is 83.1 Å². The van der Waals surface area contributed by atoms with Crippen LogP contribution in [0.2, 0.25) is 0 Å². The number of imidazole rings is 1. The molecule has 2 N–H and O–H groups in total. The number of nitriles is 1. The minimum absolute atomic E-state index is 0.0260. The number of carbonyl (C=O) groups is 1. The van der Waals surface area contributed by atoms with Crippen molar-refractivity contribution < 1.29 is 9.53 Å². The van der Waals surface area contributed by atoms with Crippen LogP contribution < -0.4 is 16.2 Å². The van der Waals surface area contributed by atoms with Gasteiger partial charge in [-0.15, -0.1) is 0 Å². The number of rotatable bonds is 6. The zero-order valence-electron chi connectivity index (χ0n) is 22.0. The van der Waals surface area contributed by atoms with E-state index in [1.165, 1.54) is 10.9 Å². The lowest BCUT2D eigenvalue weighted by molar-refractivity contribution is -0.133. The molecule has 0 spiro atoms. The fourth-order valence-electron chi connectivity index (χ4n) is 4.65. The number of benzene rings is 2. The molecule has 4 aromatic rings. The summed E-state index contributed by atoms with van der Waals surface area (Å²) in [5.41, 5.74) is 7.20. The topological polar surface area (TPSA) is 132 Å². The van der Waals surface area contributed by atoms with Crippen molar-refractivity contribution in [1.29, 1.82) is 5.26 Å². The fraction of sp³-hybridized carbons (Fsp3) is 0.276. The average molecular weight is 524 g/mol. The number of para-hydroxylation sites is 1. The van der Waals surface area contributed by atoms with Gasteiger partial charge in [-0.25, -0.2) is 14.8 Å². The van der Waals surface area contributed by atoms with Gasteiger partial charge in [-0.3, -0.25) is 13.9 Å². The van der Waals surface area contributed by atoms with Gasteiger partial charge in [-0.1, -0.05) is 45.0 Å². The second-order valence-electron chi connectivity index (χ2n) is 10.7. The Kier molecular flexibility index (Phi) is 6.66. The van der Waals surface area contributed by atoms with Gasteiger partial charge in [0.05, 0.1) is 5.69 Å². The molecular weight excluding hydrogens is 494 g/mol. The van der Waals surface area contributed by atoms with Gasteiger partial charge in [0.2, 0.25) is 0 Å². The normalized spacial score (nSPS) is 14.2. The Bertz CT molecular complexity index is 1650. The number of nitrogens with two attached hydrogens (primary N) is 1. The molecule has 39 heavy (non-hydrogen) atoms. The van der Waals surface area contributed by atoms with Crippen LogP contribution in [0.4, 0.5) is 5.82 Å². The number of anilines is 1. The highest BCUT2D eigenvalue weighted by Gasteiger charge is 2.34. The van der Waals surface area contributed by atoms with Crippen molar-refractivity contribution in [3.63, 3.8) is 0 Å². The second kappa shape index (κ2) is 10.1. The predicted molar refractivity (Wildman–Crippen MR) is 147 cm³/mol. The number of allylic oxidation sites excluding steroid dienone is 1. The number of hydrogen-bond donors (Lipinski definition) is 1. The van der Waals surface area contributed by atoms with Gasteiger partial charge in [0.15, 0.2) is 11.5 Å². The van der Waals surface area contributed by atoms with Gasteiger partial charge < -0.3 is 15.4 Å². The Morgan fingerprint density at radius 2 is 1.77 bits per heavy atom. The quantitative estimate of drug-likeness (QED) is 0.299. The lowest BCUT2D eigenvalue weighted by atomic mass is 9.92. The van der Waals surface area contributed by atoms with Gasteiger partial charge in [0, 0.05) is 25.6 Å². The molecule has 10 heteroatoms. The first-order chi connectivity index (χ1) is 18.6. The number of likely N-dealkylation sites (tertiary alicyclic amines) is 1. The van der Waals surface area contributed by atoms with Crippen LogP contribution >= 0.6 is 0 Å². The van der Waals surface area contributed by atoms with Crippen LogP contribution in [0.3, 0.4) is 0 Å². The molecule has 5 rings (SSSR count). The van der Waals surface area contributed by atoms with Crippen molar-refractivity contribution in [2.45, 2.75) is 27.3 Å². The lowest BCUT2D eigenvalue weighted by Crippen LogP contribution is -2.52. The van der Waals surface area contributed by atoms with Gasteiger partial charge in [0.25, 0.3) is 5.91 Å². The van der Waals surface area contributed by atoms with Crippen molar-refractivity contribution in [2.24, 2.45) is 11.3 Å². The summed E-state index contributed by atoms with van der Waals surface area (Å²) in [6, 6.07) is 18.6. The third-order valence-corrected chi connectivity index (χ3v) is 6.42. The molecule has 198 valence electrons. The number of nitrogens with zero attached hydrogens (tertiary/aromatic N) is 6. The van der Waals surface area contributed by atoms with Crippen molar-refractivity contribution >= 4 is 22.9 Å². The van der Waals surface area contributed by atoms with Gasteiger partial charge >= 0.3 is 5.69 Å². The monoisotopic (exact) mass is 523 g/mol. The molecule has 2 aromatic heterocycles. The molecule has 1 aliphatic rings. The SMILES string of the molecule is CC(C)(C)C=C(C#N)C(=O)N1CC(Cn2c(=O)n(-c3ccc(Oc4ccccc4)cc3)c3c(N)ncnc32)C1. The Balaban J connectivity index is 1.39. The van der Waals surface area contributed by atoms with E-state index in [1.54, 1.807) is 39.8 Å². The molecule has 1 fully saturated rings. The maximum absolute atomic E-state index is 13.7. The van der Waals surface area contributed by atoms with Crippen molar-refractivity contribution in [3.8, 4) is 23.3 Å². The summed E-state index contributed by atoms with van der Waals surface area (Å²) < 4.78 is 8.95. The Morgan fingerprint density at radius 1 is 1.10 bits per heavy atom. The fourth-order valence-corrected chi connectivity index (χ4v) is 4.65. The van der Waals surface area contributed by atoms with Crippen molar-refractivity contribution in [1.82, 2.24) is 24.0 Å². The highest BCUT2D eigenvalue weighted by atomic mass is 16.5. The Labute approximate surface area is 225 Å². The van der Waals surface area contributed by atoms with Crippen LogP contribution in [-0.2, 0) is 11.3 Å². The molecule has 1 amide bonds. The van der Waals surface area contributed by atoms with E-state index >= 15 is 0 Å². The number of amides is 1. The van der Waals surface area contributed by atoms with E-state index in [0.29, 0.717) is 48.0 Å². The number of ether oxygens (including phenoxy) is 1. The summed E-state index contributed by atoms with van der Waals surface area (Å²) in [6.45, 7) is 7.05. The molecule has 3 heterocycles. The van der Waals surface area contributed by atoms with Crippen LogP contribution in [-0.4, -0.2) is 43.0 Å². The van der Waals surface area contributed by atoms with E-state index in [9.17, 15) is 14.9 Å². The van der Waals surface area contributed by atoms with E-state index in [1.807, 2.05) is 57.2 Å². The van der Waals surface area contributed by atoms with E-state index in [-0.39, 0.29) is 34.3 Å². The first-order valence-electron chi connectivity index (χ1n) is 12.6. The summed E-state index contributed by atoms with van der Waals surface area (Å²) in [5.74, 6) is 1.26. The minimum atomic E-state index is -0.302. The van der Waals surface area contributed by atoms with Crippen LogP contribution in [0.1, 0.15) is 20.8 Å². The first kappa shape index (κ1) is 25.7. The second-order valence-corrected chi connectivity index (χ2v) is 10.7. The summed E-state index contributed by atoms with van der Waals surface area (Å²) in [7, 11) is 0. The molecule has 0 radical (unpaired) electrons. The molecule has 10 nitrogen and oxygen atoms in total. The van der Waals surface area contributed by atoms with Crippen LogP contribution in [0.15, 0.2) is 77.4 Å². The van der Waals surface area contributed by atoms with E-state index in [4.69, 9.17) is 10.5 Å². The van der Waals surface area contributed by atoms with Crippen LogP contribution in [0.5, 0.6) is 11.5 Å². The highest BCUT2D eigenvalue weighted by Crippen LogP contribution is 2.27. The third-order valence-electron chi connectivity index (χ3n) is 6.42. The van der Waals surface area contributed by atoms with Gasteiger partial charge in [0.1, 0.15) is 35.0 Å². The van der Waals surface area contributed by atoms with Gasteiger partial charge in [-0.2, -0.15) is 5.26 Å². The molecule has 1 saturated heterocycles. The zero-order valence-corrected chi connectivity index (χ0v) is 22.0. The molecular formula is C29H29N7O3. The van der Waals surface area contributed by atoms with Crippen LogP contribution in [0.25, 0.3) is 16.9 Å². The van der Waals surface area contributed by atoms with E-state index in [0.717, 1.165) is 0 Å². The minimum Gasteiger partial charge on any atom is -0.457 e. The third kappa shape index (κ3) is 5.25. The standard InChI is InChI=1S/C29H29N7O3/c1-29(2,3)13-20(14-30)27(37)34-15-19(16-34)17-35-26-24(25(31)32-18-33-26)36(28(35)38)21-9-11-23(12-10-21)39-22-7-5-4-6-8-22/h4-13,18-19H,15-17H2,1-3H3,(H2,31,32,33). The van der Waals surface area contributed by atoms with Crippen molar-refractivity contribution in [2.75, 3.05) is 18.8 Å². The first-order valence-corrected chi connectivity index (χ1v) is 12.6. The molecule has 0 bridgehead atoms. The molecule has 0 unspecified atom stereocenters. The van der Waals surface area contributed by atoms with Gasteiger partial charge in [-0.05, 0) is 41.8 Å². The Morgan fingerprint density at radius 3 is 2.41 bits per heavy atom. The molecule has 2 aromatic carbocycles. The predicted octanol–water partition coefficient (Wildman–Crippen LogP) is 3.91. The number of fused-ring (bicyclic) bond motifs is 1. The summed E-state index contributed by atoms with van der Waals surface area (Å²) in [6.07, 6.45) is 3.03. The molecule has 0 aliphatic carbocycles. The number of nitrogen functional groups attached to an aromatic ring is 1. The zero-order chi connectivity index (χ0) is 27.7.